The zero-order chi connectivity index (χ0) is 21.8. The number of halogens is 1. The molecule has 1 aliphatic heterocycles. The van der Waals surface area contributed by atoms with E-state index in [-0.39, 0.29) is 30.1 Å². The molecule has 7 nitrogen and oxygen atoms in total. The lowest BCUT2D eigenvalue weighted by Gasteiger charge is -2.25. The normalized spacial score (nSPS) is 15.7. The van der Waals surface area contributed by atoms with Crippen LogP contribution in [0.25, 0.3) is 10.9 Å². The molecule has 8 heteroatoms. The quantitative estimate of drug-likeness (QED) is 0.628. The lowest BCUT2D eigenvalue weighted by Crippen LogP contribution is -2.40. The summed E-state index contributed by atoms with van der Waals surface area (Å²) in [5.41, 5.74) is 1.33. The van der Waals surface area contributed by atoms with Gasteiger partial charge < -0.3 is 24.7 Å². The molecule has 1 aliphatic rings. The molecule has 0 unspecified atom stereocenters. The molecule has 4 rings (SSSR count). The largest absolute Gasteiger partial charge is 0.497 e. The number of urea groups is 1. The number of ether oxygens (including phenoxy) is 2. The van der Waals surface area contributed by atoms with Crippen LogP contribution in [0.2, 0.25) is 0 Å². The summed E-state index contributed by atoms with van der Waals surface area (Å²) in [6.45, 7) is 1.13. The maximum Gasteiger partial charge on any atom is 0.322 e. The molecule has 0 aliphatic carbocycles. The number of amides is 2. The van der Waals surface area contributed by atoms with E-state index < -0.39 is 0 Å². The van der Waals surface area contributed by atoms with Crippen molar-refractivity contribution in [3.05, 3.63) is 70.3 Å². The Balaban J connectivity index is 1.58. The molecule has 2 heterocycles. The topological polar surface area (TPSA) is 83.7 Å². The van der Waals surface area contributed by atoms with Crippen LogP contribution < -0.4 is 15.6 Å². The van der Waals surface area contributed by atoms with Gasteiger partial charge in [0.25, 0.3) is 5.56 Å². The minimum Gasteiger partial charge on any atom is -0.497 e. The van der Waals surface area contributed by atoms with E-state index in [2.05, 4.69) is 10.3 Å². The Morgan fingerprint density at radius 1 is 1.26 bits per heavy atom. The highest BCUT2D eigenvalue weighted by atomic mass is 19.1. The number of anilines is 1. The van der Waals surface area contributed by atoms with Crippen molar-refractivity contribution in [1.82, 2.24) is 9.88 Å². The second kappa shape index (κ2) is 9.18. The van der Waals surface area contributed by atoms with Crippen LogP contribution >= 0.6 is 0 Å². The molecular weight excluding hydrogens is 401 g/mol. The van der Waals surface area contributed by atoms with Crippen molar-refractivity contribution in [2.75, 3.05) is 25.6 Å². The van der Waals surface area contributed by atoms with Crippen molar-refractivity contribution >= 4 is 22.6 Å². The van der Waals surface area contributed by atoms with E-state index in [1.54, 1.807) is 24.1 Å². The molecule has 0 spiro atoms. The van der Waals surface area contributed by atoms with Crippen LogP contribution in [0.15, 0.2) is 53.3 Å². The summed E-state index contributed by atoms with van der Waals surface area (Å²) in [7, 11) is 1.57. The van der Waals surface area contributed by atoms with Crippen LogP contribution in [-0.4, -0.2) is 42.3 Å². The zero-order valence-corrected chi connectivity index (χ0v) is 17.2. The Kier molecular flexibility index (Phi) is 6.18. The second-order valence-electron chi connectivity index (χ2n) is 7.53. The Morgan fingerprint density at radius 3 is 2.77 bits per heavy atom. The minimum atomic E-state index is -0.381. The third kappa shape index (κ3) is 5.03. The lowest BCUT2D eigenvalue weighted by atomic mass is 10.1. The molecule has 0 radical (unpaired) electrons. The van der Waals surface area contributed by atoms with Crippen molar-refractivity contribution in [1.29, 1.82) is 0 Å². The zero-order valence-electron chi connectivity index (χ0n) is 17.2. The molecule has 2 amide bonds. The molecule has 1 atom stereocenters. The monoisotopic (exact) mass is 425 g/mol. The molecule has 2 aromatic carbocycles. The molecule has 1 saturated heterocycles. The van der Waals surface area contributed by atoms with Crippen LogP contribution in [0.4, 0.5) is 14.9 Å². The van der Waals surface area contributed by atoms with Gasteiger partial charge in [0.1, 0.15) is 11.6 Å². The maximum absolute atomic E-state index is 13.2. The number of benzene rings is 2. The highest BCUT2D eigenvalue weighted by Crippen LogP contribution is 2.20. The number of H-pyrrole nitrogens is 1. The Hall–Kier alpha value is -3.39. The fraction of sp³-hybridized carbons (Fsp3) is 0.304. The van der Waals surface area contributed by atoms with Gasteiger partial charge in [-0.25, -0.2) is 9.18 Å². The van der Waals surface area contributed by atoms with Gasteiger partial charge in [-0.15, -0.1) is 0 Å². The van der Waals surface area contributed by atoms with E-state index in [4.69, 9.17) is 9.47 Å². The van der Waals surface area contributed by atoms with Crippen molar-refractivity contribution in [3.63, 3.8) is 0 Å². The lowest BCUT2D eigenvalue weighted by molar-refractivity contribution is 0.0818. The molecule has 0 saturated carbocycles. The number of hydrogen-bond donors (Lipinski definition) is 2. The van der Waals surface area contributed by atoms with Gasteiger partial charge in [-0.2, -0.15) is 0 Å². The SMILES string of the molecule is COc1ccc2cc(CN(C[C@@H]3CCCO3)C(=O)Nc3ccc(F)cc3)c(=O)[nH]c2c1. The van der Waals surface area contributed by atoms with Gasteiger partial charge in [0.05, 0.1) is 25.3 Å². The van der Waals surface area contributed by atoms with E-state index in [0.717, 1.165) is 18.2 Å². The number of hydrogen-bond acceptors (Lipinski definition) is 4. The first-order chi connectivity index (χ1) is 15.0. The van der Waals surface area contributed by atoms with Gasteiger partial charge >= 0.3 is 6.03 Å². The van der Waals surface area contributed by atoms with Gasteiger partial charge in [0.2, 0.25) is 0 Å². The summed E-state index contributed by atoms with van der Waals surface area (Å²) in [5, 5.41) is 3.61. The number of methoxy groups -OCH3 is 1. The number of nitrogens with zero attached hydrogens (tertiary/aromatic N) is 1. The van der Waals surface area contributed by atoms with Gasteiger partial charge in [0, 0.05) is 30.5 Å². The predicted molar refractivity (Wildman–Crippen MR) is 116 cm³/mol. The summed E-state index contributed by atoms with van der Waals surface area (Å²) in [5.74, 6) is 0.267. The third-order valence-electron chi connectivity index (χ3n) is 5.32. The number of rotatable bonds is 6. The standard InChI is InChI=1S/C23H24FN3O4/c1-30-19-9-4-15-11-16(22(28)26-21(15)12-19)13-27(14-20-3-2-10-31-20)23(29)25-18-7-5-17(24)6-8-18/h4-9,11-12,20H,2-3,10,13-14H2,1H3,(H,25,29)(H,26,28)/t20-/m0/s1. The van der Waals surface area contributed by atoms with E-state index >= 15 is 0 Å². The van der Waals surface area contributed by atoms with Gasteiger partial charge in [-0.3, -0.25) is 4.79 Å². The molecule has 162 valence electrons. The number of aromatic nitrogens is 1. The van der Waals surface area contributed by atoms with Crippen LogP contribution in [0, 0.1) is 5.82 Å². The van der Waals surface area contributed by atoms with Gasteiger partial charge in [-0.05, 0) is 60.7 Å². The van der Waals surface area contributed by atoms with Crippen molar-refractivity contribution < 1.29 is 18.7 Å². The first kappa shape index (κ1) is 20.9. The van der Waals surface area contributed by atoms with Crippen LogP contribution in [0.3, 0.4) is 0 Å². The van der Waals surface area contributed by atoms with Crippen LogP contribution in [0.5, 0.6) is 5.75 Å². The number of aromatic amines is 1. The molecule has 1 aromatic heterocycles. The summed E-state index contributed by atoms with van der Waals surface area (Å²) in [4.78, 5) is 30.1. The predicted octanol–water partition coefficient (Wildman–Crippen LogP) is 3.89. The van der Waals surface area contributed by atoms with Crippen LogP contribution in [0.1, 0.15) is 18.4 Å². The molecule has 31 heavy (non-hydrogen) atoms. The summed E-state index contributed by atoms with van der Waals surface area (Å²) < 4.78 is 24.1. The fourth-order valence-electron chi connectivity index (χ4n) is 3.66. The fourth-order valence-corrected chi connectivity index (χ4v) is 3.66. The second-order valence-corrected chi connectivity index (χ2v) is 7.53. The van der Waals surface area contributed by atoms with Crippen LogP contribution in [-0.2, 0) is 11.3 Å². The molecule has 3 aromatic rings. The number of carbonyl (C=O) groups excluding carboxylic acids is 1. The number of fused-ring (bicyclic) bond motifs is 1. The Bertz CT molecular complexity index is 1120. The van der Waals surface area contributed by atoms with Gasteiger partial charge in [0.15, 0.2) is 0 Å². The van der Waals surface area contributed by atoms with E-state index in [1.807, 2.05) is 12.1 Å². The Labute approximate surface area is 178 Å². The first-order valence-corrected chi connectivity index (χ1v) is 10.1. The van der Waals surface area contributed by atoms with Gasteiger partial charge in [-0.1, -0.05) is 0 Å². The van der Waals surface area contributed by atoms with Crippen molar-refractivity contribution in [2.45, 2.75) is 25.5 Å². The number of carbonyl (C=O) groups is 1. The molecule has 0 bridgehead atoms. The third-order valence-corrected chi connectivity index (χ3v) is 5.32. The molecule has 1 fully saturated rings. The number of pyridine rings is 1. The highest BCUT2D eigenvalue weighted by Gasteiger charge is 2.24. The van der Waals surface area contributed by atoms with E-state index in [9.17, 15) is 14.0 Å². The van der Waals surface area contributed by atoms with E-state index in [0.29, 0.717) is 35.7 Å². The Morgan fingerprint density at radius 2 is 2.06 bits per heavy atom. The highest BCUT2D eigenvalue weighted by molar-refractivity contribution is 5.89. The number of nitrogens with one attached hydrogen (secondary N) is 2. The summed E-state index contributed by atoms with van der Waals surface area (Å²) in [6, 6.07) is 12.4. The average Bonchev–Trinajstić information content (AvgIpc) is 3.28. The first-order valence-electron chi connectivity index (χ1n) is 10.1. The van der Waals surface area contributed by atoms with E-state index in [1.165, 1.54) is 24.3 Å². The summed E-state index contributed by atoms with van der Waals surface area (Å²) in [6.07, 6.45) is 1.72. The molecular formula is C23H24FN3O4. The maximum atomic E-state index is 13.2. The molecule has 2 N–H and O–H groups in total. The van der Waals surface area contributed by atoms with Crippen molar-refractivity contribution in [2.24, 2.45) is 0 Å². The average molecular weight is 425 g/mol. The van der Waals surface area contributed by atoms with Crippen molar-refractivity contribution in [3.8, 4) is 5.75 Å². The summed E-state index contributed by atoms with van der Waals surface area (Å²) >= 11 is 0. The smallest absolute Gasteiger partial charge is 0.322 e. The minimum absolute atomic E-state index is 0.0808.